The van der Waals surface area contributed by atoms with Crippen molar-refractivity contribution in [2.45, 2.75) is 12.8 Å². The Morgan fingerprint density at radius 3 is 2.81 bits per heavy atom. The second-order valence-corrected chi connectivity index (χ2v) is 4.13. The van der Waals surface area contributed by atoms with E-state index in [9.17, 15) is 4.39 Å². The summed E-state index contributed by atoms with van der Waals surface area (Å²) in [6.45, 7) is 4.01. The average molecular weight is 227 g/mol. The number of likely N-dealkylation sites (N-methyl/N-ethyl adjacent to an activating group) is 1. The summed E-state index contributed by atoms with van der Waals surface area (Å²) in [6, 6.07) is 0. The molecule has 0 bridgehead atoms. The SMILES string of the molecule is CN(CCN)CCNCC1=CCCC=C1F. The molecular weight excluding hydrogens is 205 g/mol. The van der Waals surface area contributed by atoms with Gasteiger partial charge in [0.1, 0.15) is 5.83 Å². The van der Waals surface area contributed by atoms with Gasteiger partial charge in [0.25, 0.3) is 0 Å². The lowest BCUT2D eigenvalue weighted by atomic mass is 10.1. The summed E-state index contributed by atoms with van der Waals surface area (Å²) in [4.78, 5) is 2.16. The van der Waals surface area contributed by atoms with Gasteiger partial charge in [0.2, 0.25) is 0 Å². The molecule has 0 amide bonds. The molecular formula is C12H22FN3. The van der Waals surface area contributed by atoms with E-state index < -0.39 is 0 Å². The Labute approximate surface area is 97.2 Å². The topological polar surface area (TPSA) is 41.3 Å². The highest BCUT2D eigenvalue weighted by molar-refractivity contribution is 5.29. The maximum atomic E-state index is 13.3. The van der Waals surface area contributed by atoms with E-state index in [0.717, 1.165) is 38.0 Å². The summed E-state index contributed by atoms with van der Waals surface area (Å²) in [5, 5.41) is 3.24. The van der Waals surface area contributed by atoms with Crippen molar-refractivity contribution in [2.24, 2.45) is 5.73 Å². The molecule has 0 aliphatic heterocycles. The Morgan fingerprint density at radius 1 is 1.38 bits per heavy atom. The van der Waals surface area contributed by atoms with E-state index in [-0.39, 0.29) is 5.83 Å². The van der Waals surface area contributed by atoms with Crippen LogP contribution in [-0.2, 0) is 0 Å². The second-order valence-electron chi connectivity index (χ2n) is 4.13. The van der Waals surface area contributed by atoms with Crippen LogP contribution in [-0.4, -0.2) is 44.7 Å². The van der Waals surface area contributed by atoms with E-state index in [1.807, 2.05) is 13.1 Å². The van der Waals surface area contributed by atoms with E-state index in [1.165, 1.54) is 0 Å². The third-order valence-electron chi connectivity index (χ3n) is 2.68. The molecule has 0 saturated heterocycles. The van der Waals surface area contributed by atoms with Gasteiger partial charge < -0.3 is 16.0 Å². The molecule has 92 valence electrons. The Balaban J connectivity index is 2.11. The molecule has 0 aromatic carbocycles. The number of halogens is 1. The van der Waals surface area contributed by atoms with Gasteiger partial charge in [-0.3, -0.25) is 0 Å². The van der Waals surface area contributed by atoms with Gasteiger partial charge in [-0.05, 0) is 31.5 Å². The lowest BCUT2D eigenvalue weighted by Crippen LogP contribution is -2.33. The molecule has 3 nitrogen and oxygen atoms in total. The quantitative estimate of drug-likeness (QED) is 0.639. The standard InChI is InChI=1S/C12H22FN3/c1-16(8-6-14)9-7-15-10-11-4-2-3-5-12(11)13/h4-5,15H,2-3,6-10,14H2,1H3. The number of rotatable bonds is 7. The number of hydrogen-bond acceptors (Lipinski definition) is 3. The minimum absolute atomic E-state index is 0.0611. The summed E-state index contributed by atoms with van der Waals surface area (Å²) in [5.41, 5.74) is 6.24. The van der Waals surface area contributed by atoms with Crippen LogP contribution in [0.3, 0.4) is 0 Å². The molecule has 0 unspecified atom stereocenters. The molecule has 0 fully saturated rings. The Kier molecular flexibility index (Phi) is 6.30. The molecule has 1 aliphatic rings. The first kappa shape index (κ1) is 13.4. The number of hydrogen-bond donors (Lipinski definition) is 2. The summed E-state index contributed by atoms with van der Waals surface area (Å²) < 4.78 is 13.3. The highest BCUT2D eigenvalue weighted by Gasteiger charge is 2.07. The molecule has 0 atom stereocenters. The molecule has 1 aliphatic carbocycles. The van der Waals surface area contributed by atoms with Crippen molar-refractivity contribution < 1.29 is 4.39 Å². The minimum atomic E-state index is -0.0611. The smallest absolute Gasteiger partial charge is 0.123 e. The lowest BCUT2D eigenvalue weighted by Gasteiger charge is -2.16. The van der Waals surface area contributed by atoms with Crippen molar-refractivity contribution in [2.75, 3.05) is 39.8 Å². The number of nitrogens with one attached hydrogen (secondary N) is 1. The Hall–Kier alpha value is -0.710. The van der Waals surface area contributed by atoms with Gasteiger partial charge in [-0.1, -0.05) is 6.08 Å². The third-order valence-corrected chi connectivity index (χ3v) is 2.68. The highest BCUT2D eigenvalue weighted by atomic mass is 19.1. The van der Waals surface area contributed by atoms with Crippen LogP contribution in [0.2, 0.25) is 0 Å². The van der Waals surface area contributed by atoms with Gasteiger partial charge in [-0.2, -0.15) is 0 Å². The van der Waals surface area contributed by atoms with Crippen LogP contribution in [0.4, 0.5) is 4.39 Å². The predicted molar refractivity (Wildman–Crippen MR) is 65.9 cm³/mol. The van der Waals surface area contributed by atoms with Crippen molar-refractivity contribution in [1.82, 2.24) is 10.2 Å². The monoisotopic (exact) mass is 227 g/mol. The van der Waals surface area contributed by atoms with Crippen LogP contribution in [0.5, 0.6) is 0 Å². The summed E-state index contributed by atoms with van der Waals surface area (Å²) in [7, 11) is 2.04. The van der Waals surface area contributed by atoms with E-state index >= 15 is 0 Å². The van der Waals surface area contributed by atoms with Crippen molar-refractivity contribution in [3.63, 3.8) is 0 Å². The van der Waals surface area contributed by atoms with Gasteiger partial charge >= 0.3 is 0 Å². The van der Waals surface area contributed by atoms with Crippen LogP contribution in [0.25, 0.3) is 0 Å². The average Bonchev–Trinajstić information content (AvgIpc) is 2.27. The van der Waals surface area contributed by atoms with Gasteiger partial charge in [-0.25, -0.2) is 4.39 Å². The molecule has 0 heterocycles. The zero-order chi connectivity index (χ0) is 11.8. The summed E-state index contributed by atoms with van der Waals surface area (Å²) in [5.74, 6) is -0.0611. The highest BCUT2D eigenvalue weighted by Crippen LogP contribution is 2.18. The van der Waals surface area contributed by atoms with Gasteiger partial charge in [0, 0.05) is 32.7 Å². The largest absolute Gasteiger partial charge is 0.329 e. The normalized spacial score (nSPS) is 16.2. The minimum Gasteiger partial charge on any atom is -0.329 e. The second kappa shape index (κ2) is 7.54. The number of nitrogens with two attached hydrogens (primary N) is 1. The fourth-order valence-corrected chi connectivity index (χ4v) is 1.68. The number of nitrogens with zero attached hydrogens (tertiary/aromatic N) is 1. The predicted octanol–water partition coefficient (Wildman–Crippen LogP) is 1.04. The first-order valence-electron chi connectivity index (χ1n) is 5.88. The van der Waals surface area contributed by atoms with E-state index in [1.54, 1.807) is 6.08 Å². The van der Waals surface area contributed by atoms with Crippen LogP contribution in [0.15, 0.2) is 23.6 Å². The Bertz CT molecular complexity index is 261. The molecule has 0 spiro atoms. The molecule has 0 saturated carbocycles. The molecule has 1 rings (SSSR count). The van der Waals surface area contributed by atoms with E-state index in [4.69, 9.17) is 5.73 Å². The van der Waals surface area contributed by atoms with Crippen molar-refractivity contribution in [1.29, 1.82) is 0 Å². The number of allylic oxidation sites excluding steroid dienone is 2. The zero-order valence-corrected chi connectivity index (χ0v) is 10.0. The van der Waals surface area contributed by atoms with E-state index in [0.29, 0.717) is 13.1 Å². The molecule has 0 aromatic heterocycles. The van der Waals surface area contributed by atoms with Gasteiger partial charge in [0.15, 0.2) is 0 Å². The van der Waals surface area contributed by atoms with Gasteiger partial charge in [0.05, 0.1) is 0 Å². The molecule has 4 heteroatoms. The van der Waals surface area contributed by atoms with E-state index in [2.05, 4.69) is 10.2 Å². The van der Waals surface area contributed by atoms with Crippen LogP contribution < -0.4 is 11.1 Å². The maximum absolute atomic E-state index is 13.3. The molecule has 0 radical (unpaired) electrons. The fraction of sp³-hybridized carbons (Fsp3) is 0.667. The first-order valence-corrected chi connectivity index (χ1v) is 5.88. The fourth-order valence-electron chi connectivity index (χ4n) is 1.68. The van der Waals surface area contributed by atoms with Crippen LogP contribution in [0, 0.1) is 0 Å². The van der Waals surface area contributed by atoms with Crippen molar-refractivity contribution in [3.8, 4) is 0 Å². The lowest BCUT2D eigenvalue weighted by molar-refractivity contribution is 0.342. The maximum Gasteiger partial charge on any atom is 0.123 e. The summed E-state index contributed by atoms with van der Waals surface area (Å²) >= 11 is 0. The summed E-state index contributed by atoms with van der Waals surface area (Å²) in [6.07, 6.45) is 5.43. The van der Waals surface area contributed by atoms with Crippen molar-refractivity contribution >= 4 is 0 Å². The van der Waals surface area contributed by atoms with Crippen LogP contribution >= 0.6 is 0 Å². The zero-order valence-electron chi connectivity index (χ0n) is 10.0. The van der Waals surface area contributed by atoms with Crippen LogP contribution in [0.1, 0.15) is 12.8 Å². The van der Waals surface area contributed by atoms with Crippen molar-refractivity contribution in [3.05, 3.63) is 23.6 Å². The Morgan fingerprint density at radius 2 is 2.12 bits per heavy atom. The molecule has 3 N–H and O–H groups in total. The van der Waals surface area contributed by atoms with Gasteiger partial charge in [-0.15, -0.1) is 0 Å². The first-order chi connectivity index (χ1) is 7.74. The third kappa shape index (κ3) is 4.88. The molecule has 0 aromatic rings. The molecule has 16 heavy (non-hydrogen) atoms.